The first kappa shape index (κ1) is 59.2. The highest BCUT2D eigenvalue weighted by Crippen LogP contribution is 2.47. The average molecular weight is 1290 g/mol. The van der Waals surface area contributed by atoms with Gasteiger partial charge in [0, 0.05) is 89.6 Å². The van der Waals surface area contributed by atoms with Crippen LogP contribution in [-0.4, -0.2) is 14.1 Å². The normalized spacial score (nSPS) is 11.7. The Hall–Kier alpha value is -13.1. The standard InChI is InChI=1S/C96H67N5/c1-62-95(63(2)97-64(3)96(62)72-42-38-70(39-43-72)78-58-85(100-91-32-16-12-28-87(91)88-29-13-17-33-92(88)100)61-86(59-78)101-93-34-18-14-30-89(93)90-31-15-19-35-94(90)101)71-40-36-69(37-41-71)77-56-83(98(79-48-44-65-20-4-8-24-73(65)52-79)80-49-45-66-21-5-9-25-74(66)53-80)60-84(57-77)99(81-50-46-67-22-6-10-26-75(67)54-81)82-51-47-68-23-7-11-27-76(68)55-82/h4-61H,1-3H3. The first-order valence-corrected chi connectivity index (χ1v) is 34.8. The Morgan fingerprint density at radius 1 is 0.218 bits per heavy atom. The summed E-state index contributed by atoms with van der Waals surface area (Å²) in [7, 11) is 0. The lowest BCUT2D eigenvalue weighted by Gasteiger charge is -2.31. The van der Waals surface area contributed by atoms with Crippen molar-refractivity contribution in [2.24, 2.45) is 0 Å². The molecule has 101 heavy (non-hydrogen) atoms. The Morgan fingerprint density at radius 3 is 0.822 bits per heavy atom. The summed E-state index contributed by atoms with van der Waals surface area (Å²) in [6, 6.07) is 130. The molecule has 5 nitrogen and oxygen atoms in total. The molecule has 0 fully saturated rings. The van der Waals surface area contributed by atoms with Gasteiger partial charge in [-0.1, -0.05) is 243 Å². The van der Waals surface area contributed by atoms with Gasteiger partial charge in [-0.2, -0.15) is 0 Å². The fourth-order valence-electron chi connectivity index (χ4n) is 16.1. The van der Waals surface area contributed by atoms with Crippen molar-refractivity contribution in [2.75, 3.05) is 9.80 Å². The van der Waals surface area contributed by atoms with Gasteiger partial charge in [0.25, 0.3) is 0 Å². The number of anilines is 6. The molecule has 0 spiro atoms. The molecule has 476 valence electrons. The van der Waals surface area contributed by atoms with E-state index in [9.17, 15) is 0 Å². The van der Waals surface area contributed by atoms with Crippen LogP contribution in [0.2, 0.25) is 0 Å². The molecule has 0 N–H and O–H groups in total. The van der Waals surface area contributed by atoms with Crippen LogP contribution in [0.4, 0.5) is 34.1 Å². The summed E-state index contributed by atoms with van der Waals surface area (Å²) in [5.41, 5.74) is 25.4. The van der Waals surface area contributed by atoms with Crippen LogP contribution in [0.5, 0.6) is 0 Å². The van der Waals surface area contributed by atoms with Crippen LogP contribution < -0.4 is 9.80 Å². The van der Waals surface area contributed by atoms with Crippen LogP contribution in [0.1, 0.15) is 17.0 Å². The topological polar surface area (TPSA) is 29.2 Å². The first-order valence-electron chi connectivity index (χ1n) is 34.8. The third-order valence-electron chi connectivity index (χ3n) is 20.8. The maximum absolute atomic E-state index is 5.36. The van der Waals surface area contributed by atoms with Crippen molar-refractivity contribution in [1.29, 1.82) is 0 Å². The highest BCUT2D eigenvalue weighted by Gasteiger charge is 2.24. The fraction of sp³-hybridized carbons (Fsp3) is 0.0312. The molecule has 5 heteroatoms. The molecule has 0 bridgehead atoms. The van der Waals surface area contributed by atoms with E-state index in [0.717, 1.165) is 101 Å². The number of aryl methyl sites for hydroxylation is 2. The Morgan fingerprint density at radius 2 is 0.495 bits per heavy atom. The van der Waals surface area contributed by atoms with Crippen molar-refractivity contribution in [3.63, 3.8) is 0 Å². The molecule has 16 aromatic carbocycles. The number of para-hydroxylation sites is 4. The SMILES string of the molecule is Cc1nc(C)c(-c2ccc(-c3cc(-n4c5ccccc5c5ccccc54)cc(-n4c5ccccc5c5ccccc54)c3)cc2)c(C)c1-c1ccc(-c2cc(N(c3ccc4ccccc4c3)c3ccc4ccccc4c3)cc(N(c3ccc4ccccc4c3)c3ccc4ccccc4c3)c2)cc1. The second-order valence-electron chi connectivity index (χ2n) is 26.8. The minimum absolute atomic E-state index is 1.000. The molecule has 0 atom stereocenters. The molecule has 19 aromatic rings. The van der Waals surface area contributed by atoms with E-state index < -0.39 is 0 Å². The summed E-state index contributed by atoms with van der Waals surface area (Å²) in [6.07, 6.45) is 0. The van der Waals surface area contributed by atoms with Crippen molar-refractivity contribution in [1.82, 2.24) is 14.1 Å². The number of hydrogen-bond donors (Lipinski definition) is 0. The lowest BCUT2D eigenvalue weighted by atomic mass is 9.89. The van der Waals surface area contributed by atoms with E-state index >= 15 is 0 Å². The largest absolute Gasteiger partial charge is 0.310 e. The molecular formula is C96H67N5. The number of fused-ring (bicyclic) bond motifs is 10. The quantitative estimate of drug-likeness (QED) is 0.122. The third kappa shape index (κ3) is 10.3. The summed E-state index contributed by atoms with van der Waals surface area (Å²) in [5.74, 6) is 0. The number of rotatable bonds is 12. The van der Waals surface area contributed by atoms with Gasteiger partial charge in [0.05, 0.1) is 22.1 Å². The van der Waals surface area contributed by atoms with Crippen molar-refractivity contribution >= 4 is 121 Å². The van der Waals surface area contributed by atoms with Gasteiger partial charge in [0.2, 0.25) is 0 Å². The average Bonchev–Trinajstić information content (AvgIpc) is 1.64. The van der Waals surface area contributed by atoms with Gasteiger partial charge in [-0.3, -0.25) is 4.98 Å². The minimum Gasteiger partial charge on any atom is -0.310 e. The summed E-state index contributed by atoms with van der Waals surface area (Å²) in [6.45, 7) is 6.60. The maximum Gasteiger partial charge on any atom is 0.0541 e. The Labute approximate surface area is 586 Å². The predicted octanol–water partition coefficient (Wildman–Crippen LogP) is 26.4. The lowest BCUT2D eigenvalue weighted by Crippen LogP contribution is -2.14. The van der Waals surface area contributed by atoms with Crippen molar-refractivity contribution in [3.8, 4) is 55.9 Å². The van der Waals surface area contributed by atoms with E-state index in [1.54, 1.807) is 0 Å². The van der Waals surface area contributed by atoms with Crippen LogP contribution in [0.15, 0.2) is 352 Å². The summed E-state index contributed by atoms with van der Waals surface area (Å²) < 4.78 is 4.88. The zero-order valence-electron chi connectivity index (χ0n) is 56.2. The molecule has 0 unspecified atom stereocenters. The second-order valence-corrected chi connectivity index (χ2v) is 26.8. The van der Waals surface area contributed by atoms with E-state index in [1.165, 1.54) is 92.3 Å². The maximum atomic E-state index is 5.36. The Kier molecular flexibility index (Phi) is 14.2. The Bertz CT molecular complexity index is 5930. The zero-order chi connectivity index (χ0) is 67.2. The van der Waals surface area contributed by atoms with E-state index in [1.807, 2.05) is 0 Å². The monoisotopic (exact) mass is 1290 g/mol. The fourth-order valence-corrected chi connectivity index (χ4v) is 16.1. The molecular weight excluding hydrogens is 1220 g/mol. The minimum atomic E-state index is 1.000. The van der Waals surface area contributed by atoms with Crippen LogP contribution in [0, 0.1) is 20.8 Å². The molecule has 0 amide bonds. The van der Waals surface area contributed by atoms with Gasteiger partial charge < -0.3 is 18.9 Å². The predicted molar refractivity (Wildman–Crippen MR) is 428 cm³/mol. The third-order valence-corrected chi connectivity index (χ3v) is 20.8. The zero-order valence-corrected chi connectivity index (χ0v) is 56.2. The van der Waals surface area contributed by atoms with Gasteiger partial charge in [-0.05, 0) is 212 Å². The van der Waals surface area contributed by atoms with Gasteiger partial charge >= 0.3 is 0 Å². The molecule has 0 radical (unpaired) electrons. The number of hydrogen-bond acceptors (Lipinski definition) is 3. The molecule has 0 aliphatic rings. The summed E-state index contributed by atoms with van der Waals surface area (Å²) >= 11 is 0. The molecule has 19 rings (SSSR count). The molecule has 3 heterocycles. The Balaban J connectivity index is 0.741. The molecule has 0 saturated carbocycles. The van der Waals surface area contributed by atoms with Gasteiger partial charge in [0.15, 0.2) is 0 Å². The van der Waals surface area contributed by atoms with E-state index in [4.69, 9.17) is 4.98 Å². The van der Waals surface area contributed by atoms with Crippen LogP contribution in [-0.2, 0) is 0 Å². The highest BCUT2D eigenvalue weighted by atomic mass is 15.2. The van der Waals surface area contributed by atoms with Crippen LogP contribution >= 0.6 is 0 Å². The van der Waals surface area contributed by atoms with Crippen LogP contribution in [0.3, 0.4) is 0 Å². The lowest BCUT2D eigenvalue weighted by molar-refractivity contribution is 1.11. The first-order chi connectivity index (χ1) is 49.8. The number of nitrogens with zero attached hydrogens (tertiary/aromatic N) is 5. The molecule has 0 saturated heterocycles. The van der Waals surface area contributed by atoms with E-state index in [-0.39, 0.29) is 0 Å². The number of pyridine rings is 1. The summed E-state index contributed by atoms with van der Waals surface area (Å²) in [5, 5.41) is 14.4. The van der Waals surface area contributed by atoms with Gasteiger partial charge in [-0.25, -0.2) is 0 Å². The van der Waals surface area contributed by atoms with Crippen molar-refractivity contribution < 1.29 is 0 Å². The molecule has 0 aliphatic carbocycles. The highest BCUT2D eigenvalue weighted by molar-refractivity contribution is 6.11. The smallest absolute Gasteiger partial charge is 0.0541 e. The van der Waals surface area contributed by atoms with Crippen LogP contribution in [0.25, 0.3) is 143 Å². The van der Waals surface area contributed by atoms with Gasteiger partial charge in [0.1, 0.15) is 0 Å². The van der Waals surface area contributed by atoms with Gasteiger partial charge in [-0.15, -0.1) is 0 Å². The second kappa shape index (κ2) is 24.2. The summed E-state index contributed by atoms with van der Waals surface area (Å²) in [4.78, 5) is 10.2. The number of benzene rings is 16. The van der Waals surface area contributed by atoms with Crippen molar-refractivity contribution in [3.05, 3.63) is 369 Å². The van der Waals surface area contributed by atoms with E-state index in [2.05, 4.69) is 392 Å². The molecule has 3 aromatic heterocycles. The molecule has 0 aliphatic heterocycles. The van der Waals surface area contributed by atoms with E-state index in [0.29, 0.717) is 0 Å². The number of aromatic nitrogens is 3. The van der Waals surface area contributed by atoms with Crippen molar-refractivity contribution in [2.45, 2.75) is 20.8 Å².